The third-order valence-electron chi connectivity index (χ3n) is 4.07. The summed E-state index contributed by atoms with van der Waals surface area (Å²) in [6.07, 6.45) is 4.54. The summed E-state index contributed by atoms with van der Waals surface area (Å²) < 4.78 is 0. The zero-order valence-corrected chi connectivity index (χ0v) is 10.5. The smallest absolute Gasteiger partial charge is 0.239 e. The highest BCUT2D eigenvalue weighted by Crippen LogP contribution is 2.36. The first-order chi connectivity index (χ1) is 7.50. The van der Waals surface area contributed by atoms with Gasteiger partial charge < -0.3 is 10.6 Å². The van der Waals surface area contributed by atoms with Crippen LogP contribution in [0.3, 0.4) is 0 Å². The number of amides is 1. The van der Waals surface area contributed by atoms with Crippen LogP contribution in [0, 0.1) is 0 Å². The standard InChI is InChI=1S/C12H23N3O/c1-8(12(16)14(2)3)15-10-4-5-11(15)7-9(13)6-10/h8-11H,4-7,13H2,1-3H3. The van der Waals surface area contributed by atoms with Crippen LogP contribution in [0.4, 0.5) is 0 Å². The Morgan fingerprint density at radius 2 is 1.81 bits per heavy atom. The zero-order chi connectivity index (χ0) is 11.9. The maximum absolute atomic E-state index is 12.0. The highest BCUT2D eigenvalue weighted by atomic mass is 16.2. The number of hydrogen-bond donors (Lipinski definition) is 1. The fourth-order valence-corrected chi connectivity index (χ4v) is 3.39. The number of piperidine rings is 1. The van der Waals surface area contributed by atoms with Gasteiger partial charge in [0, 0.05) is 32.2 Å². The number of nitrogens with two attached hydrogens (primary N) is 1. The highest BCUT2D eigenvalue weighted by Gasteiger charge is 2.43. The molecule has 2 aliphatic heterocycles. The van der Waals surface area contributed by atoms with Gasteiger partial charge in [0.15, 0.2) is 0 Å². The summed E-state index contributed by atoms with van der Waals surface area (Å²) in [6, 6.07) is 1.43. The minimum absolute atomic E-state index is 0.0139. The second kappa shape index (κ2) is 4.34. The van der Waals surface area contributed by atoms with Gasteiger partial charge in [0.1, 0.15) is 0 Å². The first-order valence-electron chi connectivity index (χ1n) is 6.25. The van der Waals surface area contributed by atoms with Crippen LogP contribution in [0.1, 0.15) is 32.6 Å². The van der Waals surface area contributed by atoms with Crippen LogP contribution >= 0.6 is 0 Å². The fourth-order valence-electron chi connectivity index (χ4n) is 3.39. The fraction of sp³-hybridized carbons (Fsp3) is 0.917. The van der Waals surface area contributed by atoms with E-state index in [2.05, 4.69) is 4.90 Å². The van der Waals surface area contributed by atoms with E-state index in [4.69, 9.17) is 5.73 Å². The van der Waals surface area contributed by atoms with Crippen LogP contribution < -0.4 is 5.73 Å². The number of rotatable bonds is 2. The molecule has 2 aliphatic rings. The van der Waals surface area contributed by atoms with E-state index in [9.17, 15) is 4.79 Å². The van der Waals surface area contributed by atoms with Crippen molar-refractivity contribution in [3.63, 3.8) is 0 Å². The average Bonchev–Trinajstić information content (AvgIpc) is 2.49. The van der Waals surface area contributed by atoms with Crippen LogP contribution in [0.25, 0.3) is 0 Å². The topological polar surface area (TPSA) is 49.6 Å². The minimum atomic E-state index is 0.0139. The molecule has 0 aliphatic carbocycles. The third-order valence-corrected chi connectivity index (χ3v) is 4.07. The molecule has 2 fully saturated rings. The van der Waals surface area contributed by atoms with Crippen molar-refractivity contribution in [1.82, 2.24) is 9.80 Å². The molecule has 1 amide bonds. The van der Waals surface area contributed by atoms with E-state index in [-0.39, 0.29) is 11.9 Å². The number of fused-ring (bicyclic) bond motifs is 2. The summed E-state index contributed by atoms with van der Waals surface area (Å²) in [5, 5.41) is 0. The summed E-state index contributed by atoms with van der Waals surface area (Å²) in [5.41, 5.74) is 6.03. The maximum atomic E-state index is 12.0. The molecule has 0 spiro atoms. The normalized spacial score (nSPS) is 36.1. The van der Waals surface area contributed by atoms with Crippen LogP contribution in [0.5, 0.6) is 0 Å². The second-order valence-corrected chi connectivity index (χ2v) is 5.47. The van der Waals surface area contributed by atoms with Crippen molar-refractivity contribution in [2.75, 3.05) is 14.1 Å². The molecule has 3 unspecified atom stereocenters. The van der Waals surface area contributed by atoms with Crippen molar-refractivity contribution in [2.24, 2.45) is 5.73 Å². The first-order valence-corrected chi connectivity index (χ1v) is 6.25. The lowest BCUT2D eigenvalue weighted by Gasteiger charge is -2.41. The first kappa shape index (κ1) is 11.9. The van der Waals surface area contributed by atoms with Crippen molar-refractivity contribution in [3.8, 4) is 0 Å². The number of carbonyl (C=O) groups excluding carboxylic acids is 1. The van der Waals surface area contributed by atoms with Gasteiger partial charge in [-0.15, -0.1) is 0 Å². The lowest BCUT2D eigenvalue weighted by atomic mass is 9.96. The van der Waals surface area contributed by atoms with Crippen molar-refractivity contribution >= 4 is 5.91 Å². The van der Waals surface area contributed by atoms with Gasteiger partial charge in [-0.1, -0.05) is 0 Å². The molecule has 0 aromatic carbocycles. The molecule has 3 atom stereocenters. The Bertz CT molecular complexity index is 265. The van der Waals surface area contributed by atoms with Gasteiger partial charge >= 0.3 is 0 Å². The van der Waals surface area contributed by atoms with Gasteiger partial charge in [-0.25, -0.2) is 0 Å². The van der Waals surface area contributed by atoms with Gasteiger partial charge in [0.2, 0.25) is 5.91 Å². The van der Waals surface area contributed by atoms with Crippen LogP contribution in [0.15, 0.2) is 0 Å². The number of carbonyl (C=O) groups is 1. The molecule has 92 valence electrons. The summed E-state index contributed by atoms with van der Waals surface area (Å²) in [7, 11) is 3.66. The predicted molar refractivity (Wildman–Crippen MR) is 64.0 cm³/mol. The van der Waals surface area contributed by atoms with E-state index in [1.54, 1.807) is 4.90 Å². The zero-order valence-electron chi connectivity index (χ0n) is 10.5. The average molecular weight is 225 g/mol. The molecular weight excluding hydrogens is 202 g/mol. The quantitative estimate of drug-likeness (QED) is 0.741. The lowest BCUT2D eigenvalue weighted by Crippen LogP contribution is -2.55. The molecule has 0 saturated carbocycles. The molecule has 2 saturated heterocycles. The molecular formula is C12H23N3O. The van der Waals surface area contributed by atoms with Crippen molar-refractivity contribution < 1.29 is 4.79 Å². The minimum Gasteiger partial charge on any atom is -0.347 e. The Kier molecular flexibility index (Phi) is 3.22. The molecule has 16 heavy (non-hydrogen) atoms. The number of likely N-dealkylation sites (N-methyl/N-ethyl adjacent to an activating group) is 1. The molecule has 0 aromatic rings. The van der Waals surface area contributed by atoms with Crippen LogP contribution in [0.2, 0.25) is 0 Å². The molecule has 4 nitrogen and oxygen atoms in total. The highest BCUT2D eigenvalue weighted by molar-refractivity contribution is 5.81. The van der Waals surface area contributed by atoms with E-state index < -0.39 is 0 Å². The van der Waals surface area contributed by atoms with Gasteiger partial charge in [0.25, 0.3) is 0 Å². The maximum Gasteiger partial charge on any atom is 0.239 e. The molecule has 0 radical (unpaired) electrons. The van der Waals surface area contributed by atoms with Crippen molar-refractivity contribution in [2.45, 2.75) is 56.8 Å². The van der Waals surface area contributed by atoms with E-state index in [0.29, 0.717) is 18.1 Å². The van der Waals surface area contributed by atoms with Gasteiger partial charge in [-0.05, 0) is 32.6 Å². The van der Waals surface area contributed by atoms with E-state index in [1.165, 1.54) is 12.8 Å². The van der Waals surface area contributed by atoms with Crippen LogP contribution in [-0.2, 0) is 4.79 Å². The summed E-state index contributed by atoms with van der Waals surface area (Å²) in [5.74, 6) is 0.215. The van der Waals surface area contributed by atoms with Gasteiger partial charge in [-0.2, -0.15) is 0 Å². The van der Waals surface area contributed by atoms with E-state index in [1.807, 2.05) is 21.0 Å². The third kappa shape index (κ3) is 1.96. The Labute approximate surface area is 97.8 Å². The monoisotopic (exact) mass is 225 g/mol. The van der Waals surface area contributed by atoms with Gasteiger partial charge in [0.05, 0.1) is 6.04 Å². The summed E-state index contributed by atoms with van der Waals surface area (Å²) >= 11 is 0. The van der Waals surface area contributed by atoms with Crippen molar-refractivity contribution in [1.29, 1.82) is 0 Å². The SMILES string of the molecule is CC(C(=O)N(C)C)N1C2CCC1CC(N)C2. The van der Waals surface area contributed by atoms with Crippen molar-refractivity contribution in [3.05, 3.63) is 0 Å². The molecule has 2 bridgehead atoms. The predicted octanol–water partition coefficient (Wildman–Crippen LogP) is 0.417. The molecule has 0 aromatic heterocycles. The Balaban J connectivity index is 2.08. The molecule has 2 N–H and O–H groups in total. The second-order valence-electron chi connectivity index (χ2n) is 5.47. The van der Waals surface area contributed by atoms with E-state index in [0.717, 1.165) is 12.8 Å². The summed E-state index contributed by atoms with van der Waals surface area (Å²) in [6.45, 7) is 2.03. The molecule has 4 heteroatoms. The Morgan fingerprint density at radius 1 is 1.31 bits per heavy atom. The lowest BCUT2D eigenvalue weighted by molar-refractivity contribution is -0.135. The van der Waals surface area contributed by atoms with Gasteiger partial charge in [-0.3, -0.25) is 9.69 Å². The largest absolute Gasteiger partial charge is 0.347 e. The van der Waals surface area contributed by atoms with E-state index >= 15 is 0 Å². The Morgan fingerprint density at radius 3 is 2.25 bits per heavy atom. The molecule has 2 heterocycles. The van der Waals surface area contributed by atoms with Crippen LogP contribution in [-0.4, -0.2) is 54.0 Å². The summed E-state index contributed by atoms with van der Waals surface area (Å²) in [4.78, 5) is 16.1. The Hall–Kier alpha value is -0.610. The molecule has 2 rings (SSSR count). The number of hydrogen-bond acceptors (Lipinski definition) is 3. The number of nitrogens with zero attached hydrogens (tertiary/aromatic N) is 2.